The topological polar surface area (TPSA) is 21.9 Å². The molecule has 1 unspecified atom stereocenters. The Labute approximate surface area is 49.1 Å². The third-order valence-electron chi connectivity index (χ3n) is 0.806. The molecule has 1 nitrogen and oxygen atoms in total. The monoisotopic (exact) mass is 198 g/mol. The van der Waals surface area contributed by atoms with Gasteiger partial charge in [-0.15, -0.1) is 0 Å². The van der Waals surface area contributed by atoms with E-state index in [1.165, 1.54) is 12.8 Å². The molecule has 1 saturated heterocycles. The number of halogens is 1. The van der Waals surface area contributed by atoms with E-state index in [1.807, 2.05) is 0 Å². The number of rotatable bonds is 2. The molecule has 0 aromatic carbocycles. The minimum atomic E-state index is 0.518. The standard InChI is InChI=1S/C4H9IN/c1-2-3-4-5-6-4/h4,6H,2-3H2,1H3/q-1. The van der Waals surface area contributed by atoms with Crippen molar-refractivity contribution < 1.29 is 21.5 Å². The molecule has 0 spiro atoms. The minimum absolute atomic E-state index is 0.518. The summed E-state index contributed by atoms with van der Waals surface area (Å²) in [6.07, 6.45) is 2.78. The van der Waals surface area contributed by atoms with Gasteiger partial charge in [-0.1, -0.05) is 0 Å². The van der Waals surface area contributed by atoms with E-state index in [2.05, 4.69) is 10.5 Å². The van der Waals surface area contributed by atoms with E-state index < -0.39 is 0 Å². The summed E-state index contributed by atoms with van der Waals surface area (Å²) in [7, 11) is 0. The Morgan fingerprint density at radius 2 is 2.50 bits per heavy atom. The molecule has 38 valence electrons. The van der Waals surface area contributed by atoms with Gasteiger partial charge in [-0.3, -0.25) is 0 Å². The van der Waals surface area contributed by atoms with E-state index in [9.17, 15) is 0 Å². The van der Waals surface area contributed by atoms with Gasteiger partial charge >= 0.3 is 48.8 Å². The average Bonchev–Trinajstić information content (AvgIpc) is 2.21. The molecule has 0 saturated carbocycles. The number of hydrogen-bond acceptors (Lipinski definition) is 1. The summed E-state index contributed by atoms with van der Waals surface area (Å²) in [6.45, 7) is 2.24. The Bertz CT molecular complexity index is 42.8. The van der Waals surface area contributed by atoms with Gasteiger partial charge in [0.05, 0.1) is 0 Å². The Morgan fingerprint density at radius 1 is 1.83 bits per heavy atom. The van der Waals surface area contributed by atoms with E-state index in [0.717, 1.165) is 4.05 Å². The van der Waals surface area contributed by atoms with E-state index >= 15 is 0 Å². The van der Waals surface area contributed by atoms with Crippen LogP contribution in [0.15, 0.2) is 0 Å². The molecule has 0 amide bonds. The molecule has 1 rings (SSSR count). The van der Waals surface area contributed by atoms with Crippen molar-refractivity contribution in [2.75, 3.05) is 0 Å². The van der Waals surface area contributed by atoms with Crippen LogP contribution in [0.5, 0.6) is 0 Å². The fourth-order valence-electron chi connectivity index (χ4n) is 0.407. The van der Waals surface area contributed by atoms with Crippen molar-refractivity contribution in [2.24, 2.45) is 0 Å². The van der Waals surface area contributed by atoms with Gasteiger partial charge in [-0.05, 0) is 0 Å². The Kier molecular flexibility index (Phi) is 1.71. The second kappa shape index (κ2) is 2.12. The molecule has 1 aliphatic heterocycles. The van der Waals surface area contributed by atoms with E-state index in [1.54, 1.807) is 0 Å². The van der Waals surface area contributed by atoms with Crippen molar-refractivity contribution in [2.45, 2.75) is 23.8 Å². The van der Waals surface area contributed by atoms with E-state index in [0.29, 0.717) is 21.5 Å². The second-order valence-corrected chi connectivity index (χ2v) is 4.22. The van der Waals surface area contributed by atoms with Crippen molar-refractivity contribution in [1.82, 2.24) is 3.53 Å². The molecule has 1 fully saturated rings. The molecule has 1 heterocycles. The maximum absolute atomic E-state index is 3.35. The van der Waals surface area contributed by atoms with Gasteiger partial charge in [-0.25, -0.2) is 0 Å². The van der Waals surface area contributed by atoms with E-state index in [4.69, 9.17) is 0 Å². The van der Waals surface area contributed by atoms with Crippen LogP contribution < -0.4 is 25.0 Å². The molecule has 0 aromatic rings. The molecule has 1 aliphatic rings. The maximum atomic E-state index is 3.35. The zero-order valence-corrected chi connectivity index (χ0v) is 6.03. The molecule has 0 aliphatic carbocycles. The Hall–Kier alpha value is 0.690. The van der Waals surface area contributed by atoms with Gasteiger partial charge in [0.1, 0.15) is 0 Å². The molecule has 0 radical (unpaired) electrons. The van der Waals surface area contributed by atoms with Gasteiger partial charge in [-0.2, -0.15) is 0 Å². The van der Waals surface area contributed by atoms with Crippen molar-refractivity contribution in [1.29, 1.82) is 0 Å². The van der Waals surface area contributed by atoms with Gasteiger partial charge in [0.25, 0.3) is 0 Å². The van der Waals surface area contributed by atoms with Crippen LogP contribution in [0.4, 0.5) is 0 Å². The molecule has 0 aromatic heterocycles. The van der Waals surface area contributed by atoms with E-state index in [-0.39, 0.29) is 0 Å². The molecular formula is C4H9IN-. The van der Waals surface area contributed by atoms with Crippen LogP contribution in [0.3, 0.4) is 0 Å². The number of alkyl halides is 1. The van der Waals surface area contributed by atoms with Gasteiger partial charge < -0.3 is 0 Å². The summed E-state index contributed by atoms with van der Waals surface area (Å²) in [6, 6.07) is 0. The third kappa shape index (κ3) is 1.43. The summed E-state index contributed by atoms with van der Waals surface area (Å²) in [4.78, 5) is 0. The van der Waals surface area contributed by atoms with Gasteiger partial charge in [0, 0.05) is 0 Å². The summed E-state index contributed by atoms with van der Waals surface area (Å²) < 4.78 is 4.35. The Balaban J connectivity index is 1.88. The van der Waals surface area contributed by atoms with Gasteiger partial charge in [0.15, 0.2) is 0 Å². The van der Waals surface area contributed by atoms with Crippen molar-refractivity contribution in [3.8, 4) is 0 Å². The van der Waals surface area contributed by atoms with Crippen LogP contribution in [0.25, 0.3) is 0 Å². The molecule has 1 N–H and O–H groups in total. The molecule has 6 heavy (non-hydrogen) atoms. The zero-order chi connectivity index (χ0) is 4.41. The predicted molar refractivity (Wildman–Crippen MR) is 21.8 cm³/mol. The third-order valence-corrected chi connectivity index (χ3v) is 2.93. The van der Waals surface area contributed by atoms with Crippen LogP contribution in [0.1, 0.15) is 19.8 Å². The molecule has 2 heteroatoms. The first kappa shape index (κ1) is 4.84. The average molecular weight is 198 g/mol. The first-order valence-corrected chi connectivity index (χ1v) is 4.64. The van der Waals surface area contributed by atoms with Crippen LogP contribution >= 0.6 is 0 Å². The zero-order valence-electron chi connectivity index (χ0n) is 3.87. The van der Waals surface area contributed by atoms with Crippen LogP contribution in [-0.4, -0.2) is 4.05 Å². The van der Waals surface area contributed by atoms with Crippen molar-refractivity contribution in [3.05, 3.63) is 0 Å². The van der Waals surface area contributed by atoms with Crippen LogP contribution in [0, 0.1) is 0 Å². The van der Waals surface area contributed by atoms with Crippen LogP contribution in [0.2, 0.25) is 0 Å². The summed E-state index contributed by atoms with van der Waals surface area (Å²) >= 11 is 0.518. The van der Waals surface area contributed by atoms with Crippen LogP contribution in [-0.2, 0) is 0 Å². The van der Waals surface area contributed by atoms with Crippen molar-refractivity contribution in [3.63, 3.8) is 0 Å². The fraction of sp³-hybridized carbons (Fsp3) is 1.00. The number of hydrogen-bond donors (Lipinski definition) is 1. The van der Waals surface area contributed by atoms with Gasteiger partial charge in [0.2, 0.25) is 0 Å². The quantitative estimate of drug-likeness (QED) is 0.174. The second-order valence-electron chi connectivity index (χ2n) is 1.47. The molecule has 0 bridgehead atoms. The fourth-order valence-corrected chi connectivity index (χ4v) is 1.91. The predicted octanol–water partition coefficient (Wildman–Crippen LogP) is -2.28. The number of nitrogens with one attached hydrogen (secondary N) is 1. The first-order valence-electron chi connectivity index (χ1n) is 2.31. The summed E-state index contributed by atoms with van der Waals surface area (Å²) in [5.41, 5.74) is 0. The Morgan fingerprint density at radius 3 is 2.67 bits per heavy atom. The normalized spacial score (nSPS) is 31.8. The SMILES string of the molecule is CCCC1N[I-]1. The summed E-state index contributed by atoms with van der Waals surface area (Å²) in [5, 5.41) is 0. The first-order chi connectivity index (χ1) is 2.93. The molecule has 1 atom stereocenters. The molecular weight excluding hydrogens is 189 g/mol. The summed E-state index contributed by atoms with van der Waals surface area (Å²) in [5.74, 6) is 0. The van der Waals surface area contributed by atoms with Crippen molar-refractivity contribution >= 4 is 0 Å².